The quantitative estimate of drug-likeness (QED) is 0.335. The molecule has 1 heterocycles. The van der Waals surface area contributed by atoms with Crippen molar-refractivity contribution in [3.05, 3.63) is 65.7 Å². The van der Waals surface area contributed by atoms with Crippen LogP contribution in [0.15, 0.2) is 59.5 Å². The molecule has 1 aliphatic rings. The molecule has 2 N–H and O–H groups in total. The summed E-state index contributed by atoms with van der Waals surface area (Å²) < 4.78 is 51.0. The molecular formula is C29H35N3O7S. The maximum absolute atomic E-state index is 13.6. The summed E-state index contributed by atoms with van der Waals surface area (Å²) in [5, 5.41) is 2.81. The maximum atomic E-state index is 13.6. The summed E-state index contributed by atoms with van der Waals surface area (Å²) >= 11 is 0. The van der Waals surface area contributed by atoms with Gasteiger partial charge in [-0.2, -0.15) is 0 Å². The third-order valence-corrected chi connectivity index (χ3v) is 8.21. The lowest BCUT2D eigenvalue weighted by atomic mass is 10.1. The number of nitrogens with zero attached hydrogens (tertiary/aromatic N) is 1. The fraction of sp³-hybridized carbons (Fsp3) is 0.345. The van der Waals surface area contributed by atoms with E-state index in [2.05, 4.69) is 14.9 Å². The molecule has 4 rings (SSSR count). The normalized spacial score (nSPS) is 13.2. The summed E-state index contributed by atoms with van der Waals surface area (Å²) in [7, 11) is 2.21. The first-order valence-corrected chi connectivity index (χ1v) is 14.4. The molecule has 0 aromatic heterocycles. The van der Waals surface area contributed by atoms with Crippen LogP contribution in [-0.4, -0.2) is 62.4 Å². The van der Waals surface area contributed by atoms with Crippen LogP contribution >= 0.6 is 0 Å². The molecule has 1 aliphatic heterocycles. The Morgan fingerprint density at radius 1 is 0.825 bits per heavy atom. The number of carbonyl (C=O) groups is 1. The van der Waals surface area contributed by atoms with Crippen molar-refractivity contribution in [2.75, 3.05) is 58.3 Å². The molecule has 1 amide bonds. The van der Waals surface area contributed by atoms with Gasteiger partial charge in [-0.15, -0.1) is 0 Å². The molecule has 10 nitrogen and oxygen atoms in total. The predicted molar refractivity (Wildman–Crippen MR) is 154 cm³/mol. The zero-order valence-electron chi connectivity index (χ0n) is 23.2. The summed E-state index contributed by atoms with van der Waals surface area (Å²) in [5.74, 6) is 1.70. The van der Waals surface area contributed by atoms with E-state index in [1.807, 2.05) is 12.1 Å². The van der Waals surface area contributed by atoms with Crippen molar-refractivity contribution in [1.29, 1.82) is 0 Å². The Morgan fingerprint density at radius 2 is 1.50 bits per heavy atom. The van der Waals surface area contributed by atoms with E-state index in [0.717, 1.165) is 31.5 Å². The SMILES string of the molecule is COc1cc(OC)cc(C(=O)Nc2ccc(N3CCCC3)c(S(=O)(=O)NCCc3ccc(OC)c(OC)c3)c2)c1. The molecule has 3 aromatic carbocycles. The minimum atomic E-state index is -3.91. The molecule has 0 saturated carbocycles. The van der Waals surface area contributed by atoms with Gasteiger partial charge in [0.2, 0.25) is 10.0 Å². The van der Waals surface area contributed by atoms with Crippen LogP contribution in [0.5, 0.6) is 23.0 Å². The number of rotatable bonds is 12. The summed E-state index contributed by atoms with van der Waals surface area (Å²) in [6.45, 7) is 1.71. The van der Waals surface area contributed by atoms with Gasteiger partial charge < -0.3 is 29.2 Å². The van der Waals surface area contributed by atoms with Crippen LogP contribution in [0.4, 0.5) is 11.4 Å². The lowest BCUT2D eigenvalue weighted by Crippen LogP contribution is -2.29. The van der Waals surface area contributed by atoms with Gasteiger partial charge in [0.1, 0.15) is 16.4 Å². The third kappa shape index (κ3) is 6.78. The fourth-order valence-electron chi connectivity index (χ4n) is 4.61. The molecule has 0 bridgehead atoms. The van der Waals surface area contributed by atoms with Gasteiger partial charge in [-0.3, -0.25) is 4.79 Å². The molecule has 3 aromatic rings. The van der Waals surface area contributed by atoms with Crippen LogP contribution in [0.1, 0.15) is 28.8 Å². The molecule has 0 spiro atoms. The van der Waals surface area contributed by atoms with E-state index >= 15 is 0 Å². The highest BCUT2D eigenvalue weighted by molar-refractivity contribution is 7.89. The van der Waals surface area contributed by atoms with Crippen LogP contribution in [0.25, 0.3) is 0 Å². The van der Waals surface area contributed by atoms with E-state index < -0.39 is 15.9 Å². The van der Waals surface area contributed by atoms with E-state index in [-0.39, 0.29) is 11.4 Å². The Labute approximate surface area is 235 Å². The second-order valence-electron chi connectivity index (χ2n) is 9.27. The Balaban J connectivity index is 1.56. The number of methoxy groups -OCH3 is 4. The van der Waals surface area contributed by atoms with Crippen LogP contribution in [0.3, 0.4) is 0 Å². The molecule has 11 heteroatoms. The number of nitrogens with one attached hydrogen (secondary N) is 2. The molecule has 40 heavy (non-hydrogen) atoms. The topological polar surface area (TPSA) is 115 Å². The van der Waals surface area contributed by atoms with Gasteiger partial charge in [0.25, 0.3) is 5.91 Å². The first-order valence-electron chi connectivity index (χ1n) is 12.9. The van der Waals surface area contributed by atoms with Crippen molar-refractivity contribution in [1.82, 2.24) is 4.72 Å². The van der Waals surface area contributed by atoms with Gasteiger partial charge in [-0.05, 0) is 67.3 Å². The molecule has 1 fully saturated rings. The number of amides is 1. The molecule has 0 unspecified atom stereocenters. The molecule has 1 saturated heterocycles. The number of sulfonamides is 1. The van der Waals surface area contributed by atoms with Crippen molar-refractivity contribution in [3.63, 3.8) is 0 Å². The minimum absolute atomic E-state index is 0.114. The average molecular weight is 570 g/mol. The van der Waals surface area contributed by atoms with E-state index in [9.17, 15) is 13.2 Å². The van der Waals surface area contributed by atoms with Gasteiger partial charge >= 0.3 is 0 Å². The monoisotopic (exact) mass is 569 g/mol. The van der Waals surface area contributed by atoms with E-state index in [0.29, 0.717) is 46.4 Å². The Hall–Kier alpha value is -3.96. The number of anilines is 2. The Kier molecular flexibility index (Phi) is 9.38. The number of hydrogen-bond donors (Lipinski definition) is 2. The number of benzene rings is 3. The average Bonchev–Trinajstić information content (AvgIpc) is 3.51. The Bertz CT molecular complexity index is 1430. The van der Waals surface area contributed by atoms with Gasteiger partial charge in [-0.25, -0.2) is 13.1 Å². The fourth-order valence-corrected chi connectivity index (χ4v) is 5.89. The van der Waals surface area contributed by atoms with E-state index in [4.69, 9.17) is 18.9 Å². The first-order chi connectivity index (χ1) is 19.3. The molecule has 0 radical (unpaired) electrons. The number of carbonyl (C=O) groups excluding carboxylic acids is 1. The second kappa shape index (κ2) is 12.9. The summed E-state index contributed by atoms with van der Waals surface area (Å²) in [5.41, 5.74) is 2.18. The van der Waals surface area contributed by atoms with Crippen LogP contribution in [0.2, 0.25) is 0 Å². The van der Waals surface area contributed by atoms with Gasteiger partial charge in [-0.1, -0.05) is 6.07 Å². The summed E-state index contributed by atoms with van der Waals surface area (Å²) in [4.78, 5) is 15.2. The molecule has 0 aliphatic carbocycles. The van der Waals surface area contributed by atoms with E-state index in [1.54, 1.807) is 50.6 Å². The summed E-state index contributed by atoms with van der Waals surface area (Å²) in [6.07, 6.45) is 2.43. The second-order valence-corrected chi connectivity index (χ2v) is 11.0. The van der Waals surface area contributed by atoms with Crippen LogP contribution in [0, 0.1) is 0 Å². The highest BCUT2D eigenvalue weighted by atomic mass is 32.2. The predicted octanol–water partition coefficient (Wildman–Crippen LogP) is 4.09. The molecule has 214 valence electrons. The van der Waals surface area contributed by atoms with Gasteiger partial charge in [0, 0.05) is 37.0 Å². The standard InChI is InChI=1S/C29H35N3O7S/c1-36-23-16-21(17-24(19-23)37-2)29(33)31-22-8-9-25(32-13-5-6-14-32)28(18-22)40(34,35)30-12-11-20-7-10-26(38-3)27(15-20)39-4/h7-10,15-19,30H,5-6,11-14H2,1-4H3,(H,31,33). The number of hydrogen-bond acceptors (Lipinski definition) is 8. The molecular weight excluding hydrogens is 534 g/mol. The van der Waals surface area contributed by atoms with Crippen molar-refractivity contribution in [2.45, 2.75) is 24.2 Å². The third-order valence-electron chi connectivity index (χ3n) is 6.72. The van der Waals surface area contributed by atoms with Crippen LogP contribution < -0.4 is 33.9 Å². The van der Waals surface area contributed by atoms with Crippen molar-refractivity contribution in [2.24, 2.45) is 0 Å². The largest absolute Gasteiger partial charge is 0.497 e. The van der Waals surface area contributed by atoms with E-state index in [1.165, 1.54) is 20.3 Å². The number of ether oxygens (including phenoxy) is 4. The minimum Gasteiger partial charge on any atom is -0.497 e. The zero-order valence-corrected chi connectivity index (χ0v) is 24.0. The highest BCUT2D eigenvalue weighted by Crippen LogP contribution is 2.32. The maximum Gasteiger partial charge on any atom is 0.255 e. The van der Waals surface area contributed by atoms with Gasteiger partial charge in [0.05, 0.1) is 34.1 Å². The smallest absolute Gasteiger partial charge is 0.255 e. The highest BCUT2D eigenvalue weighted by Gasteiger charge is 2.25. The molecule has 0 atom stereocenters. The first kappa shape index (κ1) is 29.0. The van der Waals surface area contributed by atoms with Crippen LogP contribution in [-0.2, 0) is 16.4 Å². The summed E-state index contributed by atoms with van der Waals surface area (Å²) in [6, 6.07) is 15.3. The van der Waals surface area contributed by atoms with Crippen molar-refractivity contribution in [3.8, 4) is 23.0 Å². The van der Waals surface area contributed by atoms with Crippen molar-refractivity contribution >= 4 is 27.3 Å². The zero-order chi connectivity index (χ0) is 28.7. The van der Waals surface area contributed by atoms with Gasteiger partial charge in [0.15, 0.2) is 11.5 Å². The lowest BCUT2D eigenvalue weighted by molar-refractivity contribution is 0.102. The lowest BCUT2D eigenvalue weighted by Gasteiger charge is -2.22. The van der Waals surface area contributed by atoms with Crippen molar-refractivity contribution < 1.29 is 32.2 Å². The Morgan fingerprint density at radius 3 is 2.12 bits per heavy atom.